The van der Waals surface area contributed by atoms with Crippen LogP contribution in [0.3, 0.4) is 0 Å². The van der Waals surface area contributed by atoms with E-state index < -0.39 is 0 Å². The van der Waals surface area contributed by atoms with Gasteiger partial charge in [-0.2, -0.15) is 5.26 Å². The monoisotopic (exact) mass is 339 g/mol. The number of methoxy groups -OCH3 is 1. The molecule has 1 atom stereocenters. The molecule has 2 heterocycles. The number of para-hydroxylation sites is 2. The van der Waals surface area contributed by atoms with Gasteiger partial charge in [-0.1, -0.05) is 26.0 Å². The summed E-state index contributed by atoms with van der Waals surface area (Å²) in [4.78, 5) is 13.1. The van der Waals surface area contributed by atoms with Crippen molar-refractivity contribution in [3.8, 4) is 17.5 Å². The van der Waals surface area contributed by atoms with E-state index in [1.165, 1.54) is 11.7 Å². The molecular formula is C19H21N3O3. The van der Waals surface area contributed by atoms with Gasteiger partial charge >= 0.3 is 0 Å². The van der Waals surface area contributed by atoms with Gasteiger partial charge in [-0.05, 0) is 23.6 Å². The van der Waals surface area contributed by atoms with Crippen LogP contribution < -0.4 is 16.0 Å². The van der Waals surface area contributed by atoms with Crippen LogP contribution in [0.15, 0.2) is 29.1 Å². The van der Waals surface area contributed by atoms with E-state index in [-0.39, 0.29) is 30.0 Å². The topological polar surface area (TPSA) is 90.3 Å². The molecule has 1 aromatic carbocycles. The Morgan fingerprint density at radius 3 is 2.72 bits per heavy atom. The smallest absolute Gasteiger partial charge is 0.262 e. The molecule has 3 rings (SSSR count). The first kappa shape index (κ1) is 17.1. The van der Waals surface area contributed by atoms with Gasteiger partial charge in [0.25, 0.3) is 5.56 Å². The lowest BCUT2D eigenvalue weighted by molar-refractivity contribution is -0.00118. The van der Waals surface area contributed by atoms with Crippen LogP contribution in [-0.2, 0) is 17.8 Å². The van der Waals surface area contributed by atoms with Crippen molar-refractivity contribution in [2.75, 3.05) is 12.8 Å². The molecule has 0 aliphatic carbocycles. The quantitative estimate of drug-likeness (QED) is 0.927. The number of hydrogen-bond donors (Lipinski definition) is 1. The molecule has 6 nitrogen and oxygen atoms in total. The Hall–Kier alpha value is -2.78. The predicted octanol–water partition coefficient (Wildman–Crippen LogP) is 2.40. The SMILES string of the molecule is COc1ccccc1-n1c(N)c(C#N)c2c(c1=O)COC(C(C)C)C2. The van der Waals surface area contributed by atoms with Crippen LogP contribution in [-0.4, -0.2) is 17.8 Å². The number of ether oxygens (including phenoxy) is 2. The molecule has 0 spiro atoms. The van der Waals surface area contributed by atoms with E-state index in [0.29, 0.717) is 34.5 Å². The second-order valence-electron chi connectivity index (χ2n) is 6.44. The number of nitrogen functional groups attached to an aromatic ring is 1. The van der Waals surface area contributed by atoms with E-state index in [1.54, 1.807) is 18.2 Å². The van der Waals surface area contributed by atoms with Gasteiger partial charge in [0.05, 0.1) is 31.1 Å². The average Bonchev–Trinajstić information content (AvgIpc) is 2.62. The first-order valence-corrected chi connectivity index (χ1v) is 8.20. The van der Waals surface area contributed by atoms with Crippen molar-refractivity contribution >= 4 is 5.82 Å². The molecule has 2 aromatic rings. The van der Waals surface area contributed by atoms with Crippen LogP contribution in [0.5, 0.6) is 5.75 Å². The van der Waals surface area contributed by atoms with Crippen molar-refractivity contribution in [2.24, 2.45) is 5.92 Å². The molecule has 1 aliphatic heterocycles. The lowest BCUT2D eigenvalue weighted by atomic mass is 9.91. The summed E-state index contributed by atoms with van der Waals surface area (Å²) in [6, 6.07) is 9.27. The minimum Gasteiger partial charge on any atom is -0.495 e. The number of pyridine rings is 1. The summed E-state index contributed by atoms with van der Waals surface area (Å²) >= 11 is 0. The molecule has 0 radical (unpaired) electrons. The summed E-state index contributed by atoms with van der Waals surface area (Å²) in [5.74, 6) is 0.939. The summed E-state index contributed by atoms with van der Waals surface area (Å²) in [5.41, 5.74) is 8.03. The van der Waals surface area contributed by atoms with Crippen LogP contribution in [0.4, 0.5) is 5.82 Å². The second-order valence-corrected chi connectivity index (χ2v) is 6.44. The van der Waals surface area contributed by atoms with Crippen molar-refractivity contribution in [1.29, 1.82) is 5.26 Å². The normalized spacial score (nSPS) is 16.4. The number of nitriles is 1. The molecule has 6 heteroatoms. The van der Waals surface area contributed by atoms with Gasteiger partial charge in [0.2, 0.25) is 0 Å². The maximum absolute atomic E-state index is 13.1. The Bertz CT molecular complexity index is 909. The number of nitrogens with two attached hydrogens (primary N) is 1. The zero-order valence-electron chi connectivity index (χ0n) is 14.6. The van der Waals surface area contributed by atoms with E-state index in [1.807, 2.05) is 6.07 Å². The van der Waals surface area contributed by atoms with E-state index in [4.69, 9.17) is 15.2 Å². The number of anilines is 1. The van der Waals surface area contributed by atoms with Crippen molar-refractivity contribution in [2.45, 2.75) is 33.0 Å². The molecular weight excluding hydrogens is 318 g/mol. The van der Waals surface area contributed by atoms with Gasteiger partial charge in [-0.15, -0.1) is 0 Å². The van der Waals surface area contributed by atoms with E-state index in [9.17, 15) is 10.1 Å². The standard InChI is InChI=1S/C19H21N3O3/c1-11(2)17-8-12-13(9-20)18(21)22(19(23)14(12)10-25-17)15-6-4-5-7-16(15)24-3/h4-7,11,17H,8,10,21H2,1-3H3. The molecule has 0 bridgehead atoms. The maximum atomic E-state index is 13.1. The highest BCUT2D eigenvalue weighted by Gasteiger charge is 2.30. The van der Waals surface area contributed by atoms with Crippen LogP contribution >= 0.6 is 0 Å². The highest BCUT2D eigenvalue weighted by molar-refractivity contribution is 5.62. The molecule has 0 saturated heterocycles. The second kappa shape index (κ2) is 6.61. The Labute approximate surface area is 146 Å². The fourth-order valence-corrected chi connectivity index (χ4v) is 3.22. The zero-order chi connectivity index (χ0) is 18.1. The molecule has 1 aliphatic rings. The highest BCUT2D eigenvalue weighted by Crippen LogP contribution is 2.31. The van der Waals surface area contributed by atoms with E-state index >= 15 is 0 Å². The summed E-state index contributed by atoms with van der Waals surface area (Å²) in [7, 11) is 1.53. The highest BCUT2D eigenvalue weighted by atomic mass is 16.5. The molecule has 2 N–H and O–H groups in total. The van der Waals surface area contributed by atoms with Gasteiger partial charge in [-0.3, -0.25) is 9.36 Å². The Morgan fingerprint density at radius 1 is 1.36 bits per heavy atom. The number of benzene rings is 1. The van der Waals surface area contributed by atoms with Crippen molar-refractivity contribution in [3.05, 3.63) is 51.3 Å². The maximum Gasteiger partial charge on any atom is 0.262 e. The molecule has 130 valence electrons. The predicted molar refractivity (Wildman–Crippen MR) is 94.8 cm³/mol. The summed E-state index contributed by atoms with van der Waals surface area (Å²) < 4.78 is 12.5. The molecule has 0 amide bonds. The van der Waals surface area contributed by atoms with Crippen LogP contribution in [0.25, 0.3) is 5.69 Å². The Kier molecular flexibility index (Phi) is 4.51. The number of nitrogens with zero attached hydrogens (tertiary/aromatic N) is 2. The van der Waals surface area contributed by atoms with E-state index in [2.05, 4.69) is 19.9 Å². The van der Waals surface area contributed by atoms with Gasteiger partial charge in [0.15, 0.2) is 0 Å². The first-order valence-electron chi connectivity index (χ1n) is 8.20. The summed E-state index contributed by atoms with van der Waals surface area (Å²) in [6.07, 6.45) is 0.489. The Morgan fingerprint density at radius 2 is 2.08 bits per heavy atom. The number of aromatic nitrogens is 1. The third-order valence-corrected chi connectivity index (χ3v) is 4.65. The molecule has 0 saturated carbocycles. The third kappa shape index (κ3) is 2.77. The average molecular weight is 339 g/mol. The van der Waals surface area contributed by atoms with E-state index in [0.717, 1.165) is 0 Å². The van der Waals surface area contributed by atoms with Gasteiger partial charge in [0.1, 0.15) is 17.6 Å². The van der Waals surface area contributed by atoms with Crippen molar-refractivity contribution < 1.29 is 9.47 Å². The van der Waals surface area contributed by atoms with Crippen LogP contribution in [0.2, 0.25) is 0 Å². The first-order chi connectivity index (χ1) is 12.0. The fourth-order valence-electron chi connectivity index (χ4n) is 3.22. The van der Waals surface area contributed by atoms with Gasteiger partial charge in [-0.25, -0.2) is 0 Å². The summed E-state index contributed by atoms with van der Waals surface area (Å²) in [5, 5.41) is 9.67. The zero-order valence-corrected chi connectivity index (χ0v) is 14.6. The van der Waals surface area contributed by atoms with Gasteiger partial charge < -0.3 is 15.2 Å². The lowest BCUT2D eigenvalue weighted by Gasteiger charge is -2.29. The Balaban J connectivity index is 2.28. The summed E-state index contributed by atoms with van der Waals surface area (Å²) in [6.45, 7) is 4.30. The lowest BCUT2D eigenvalue weighted by Crippen LogP contribution is -2.36. The third-order valence-electron chi connectivity index (χ3n) is 4.65. The molecule has 0 fully saturated rings. The van der Waals surface area contributed by atoms with Gasteiger partial charge in [0, 0.05) is 12.0 Å². The molecule has 25 heavy (non-hydrogen) atoms. The van der Waals surface area contributed by atoms with Crippen LogP contribution in [0.1, 0.15) is 30.5 Å². The van der Waals surface area contributed by atoms with Crippen molar-refractivity contribution in [3.63, 3.8) is 0 Å². The molecule has 1 aromatic heterocycles. The largest absolute Gasteiger partial charge is 0.495 e. The minimum absolute atomic E-state index is 0.0273. The molecule has 1 unspecified atom stereocenters. The van der Waals surface area contributed by atoms with Crippen LogP contribution in [0, 0.1) is 17.2 Å². The number of fused-ring (bicyclic) bond motifs is 1. The van der Waals surface area contributed by atoms with Crippen molar-refractivity contribution in [1.82, 2.24) is 4.57 Å². The fraction of sp³-hybridized carbons (Fsp3) is 0.368. The number of hydrogen-bond acceptors (Lipinski definition) is 5. The minimum atomic E-state index is -0.266. The number of rotatable bonds is 3.